The van der Waals surface area contributed by atoms with Crippen molar-refractivity contribution in [3.63, 3.8) is 0 Å². The third kappa shape index (κ3) is 7.13. The number of carbonyl (C=O) groups excluding carboxylic acids is 2. The van der Waals surface area contributed by atoms with Crippen molar-refractivity contribution >= 4 is 11.8 Å². The number of primary amides is 1. The van der Waals surface area contributed by atoms with Crippen LogP contribution in [0.5, 0.6) is 0 Å². The van der Waals surface area contributed by atoms with Crippen LogP contribution in [0.25, 0.3) is 0 Å². The number of nitrogens with two attached hydrogens (primary N) is 1. The highest BCUT2D eigenvalue weighted by Crippen LogP contribution is 2.11. The SMILES string of the molecule is C=CCCCCCC[C@H](NC(=O)c1cc(C)cc(C)c1)C(N)=O. The fourth-order valence-electron chi connectivity index (χ4n) is 2.62. The zero-order valence-electron chi connectivity index (χ0n) is 14.2. The molecular formula is C19H28N2O2. The Balaban J connectivity index is 2.53. The van der Waals surface area contributed by atoms with Crippen molar-refractivity contribution in [2.24, 2.45) is 5.73 Å². The molecule has 0 aliphatic heterocycles. The Kier molecular flexibility index (Phi) is 8.09. The molecule has 4 nitrogen and oxygen atoms in total. The molecule has 0 unspecified atom stereocenters. The smallest absolute Gasteiger partial charge is 0.251 e. The Bertz CT molecular complexity index is 532. The molecule has 1 aromatic carbocycles. The van der Waals surface area contributed by atoms with Gasteiger partial charge in [-0.05, 0) is 45.2 Å². The van der Waals surface area contributed by atoms with E-state index >= 15 is 0 Å². The number of unbranched alkanes of at least 4 members (excludes halogenated alkanes) is 4. The summed E-state index contributed by atoms with van der Waals surface area (Å²) in [5.41, 5.74) is 8.03. The third-order valence-electron chi connectivity index (χ3n) is 3.78. The van der Waals surface area contributed by atoms with Crippen LogP contribution in [-0.2, 0) is 4.79 Å². The molecule has 0 aliphatic rings. The van der Waals surface area contributed by atoms with Crippen molar-refractivity contribution in [2.75, 3.05) is 0 Å². The first-order valence-electron chi connectivity index (χ1n) is 8.23. The van der Waals surface area contributed by atoms with Crippen molar-refractivity contribution in [1.82, 2.24) is 5.32 Å². The van der Waals surface area contributed by atoms with E-state index in [4.69, 9.17) is 5.73 Å². The van der Waals surface area contributed by atoms with E-state index in [9.17, 15) is 9.59 Å². The highest BCUT2D eigenvalue weighted by molar-refractivity contribution is 5.97. The van der Waals surface area contributed by atoms with Crippen LogP contribution in [0.1, 0.15) is 60.0 Å². The molecule has 23 heavy (non-hydrogen) atoms. The maximum absolute atomic E-state index is 12.3. The molecule has 1 rings (SSSR count). The van der Waals surface area contributed by atoms with Crippen molar-refractivity contribution in [1.29, 1.82) is 0 Å². The normalized spacial score (nSPS) is 11.7. The average Bonchev–Trinajstić information content (AvgIpc) is 2.48. The van der Waals surface area contributed by atoms with Crippen molar-refractivity contribution in [3.05, 3.63) is 47.5 Å². The van der Waals surface area contributed by atoms with Gasteiger partial charge in [0.05, 0.1) is 0 Å². The van der Waals surface area contributed by atoms with E-state index in [1.807, 2.05) is 38.1 Å². The second-order valence-electron chi connectivity index (χ2n) is 6.09. The largest absolute Gasteiger partial charge is 0.368 e. The molecule has 0 radical (unpaired) electrons. The quantitative estimate of drug-likeness (QED) is 0.513. The van der Waals surface area contributed by atoms with E-state index in [1.165, 1.54) is 0 Å². The predicted octanol–water partition coefficient (Wildman–Crippen LogP) is 3.41. The number of carbonyl (C=O) groups is 2. The van der Waals surface area contributed by atoms with E-state index in [0.29, 0.717) is 12.0 Å². The van der Waals surface area contributed by atoms with Gasteiger partial charge in [-0.3, -0.25) is 9.59 Å². The van der Waals surface area contributed by atoms with E-state index in [2.05, 4.69) is 11.9 Å². The Labute approximate surface area is 139 Å². The van der Waals surface area contributed by atoms with E-state index in [0.717, 1.165) is 43.2 Å². The maximum atomic E-state index is 12.3. The molecule has 0 saturated carbocycles. The van der Waals surface area contributed by atoms with Crippen LogP contribution in [0.4, 0.5) is 0 Å². The van der Waals surface area contributed by atoms with Crippen LogP contribution in [0, 0.1) is 13.8 Å². The van der Waals surface area contributed by atoms with E-state index in [-0.39, 0.29) is 5.91 Å². The average molecular weight is 316 g/mol. The van der Waals surface area contributed by atoms with Crippen LogP contribution >= 0.6 is 0 Å². The molecule has 0 aromatic heterocycles. The lowest BCUT2D eigenvalue weighted by Gasteiger charge is -2.16. The highest BCUT2D eigenvalue weighted by Gasteiger charge is 2.18. The summed E-state index contributed by atoms with van der Waals surface area (Å²) < 4.78 is 0. The van der Waals surface area contributed by atoms with Crippen molar-refractivity contribution in [2.45, 2.75) is 58.4 Å². The fraction of sp³-hybridized carbons (Fsp3) is 0.474. The minimum atomic E-state index is -0.609. The van der Waals surface area contributed by atoms with Crippen LogP contribution in [-0.4, -0.2) is 17.9 Å². The van der Waals surface area contributed by atoms with Crippen molar-refractivity contribution < 1.29 is 9.59 Å². The Morgan fingerprint density at radius 1 is 1.13 bits per heavy atom. The molecule has 4 heteroatoms. The summed E-state index contributed by atoms with van der Waals surface area (Å²) >= 11 is 0. The van der Waals surface area contributed by atoms with Gasteiger partial charge >= 0.3 is 0 Å². The molecular weight excluding hydrogens is 288 g/mol. The minimum absolute atomic E-state index is 0.243. The number of hydrogen-bond donors (Lipinski definition) is 2. The molecule has 0 heterocycles. The second-order valence-corrected chi connectivity index (χ2v) is 6.09. The number of benzene rings is 1. The summed E-state index contributed by atoms with van der Waals surface area (Å²) in [5, 5.41) is 2.76. The molecule has 3 N–H and O–H groups in total. The molecule has 1 atom stereocenters. The summed E-state index contributed by atoms with van der Waals surface area (Å²) in [6.45, 7) is 7.58. The molecule has 2 amide bonds. The lowest BCUT2D eigenvalue weighted by atomic mass is 10.0. The Hall–Kier alpha value is -2.10. The van der Waals surface area contributed by atoms with Gasteiger partial charge in [0.1, 0.15) is 6.04 Å². The van der Waals surface area contributed by atoms with Gasteiger partial charge in [0.2, 0.25) is 5.91 Å². The maximum Gasteiger partial charge on any atom is 0.251 e. The Morgan fingerprint density at radius 3 is 2.30 bits per heavy atom. The number of allylic oxidation sites excluding steroid dienone is 1. The minimum Gasteiger partial charge on any atom is -0.368 e. The standard InChI is InChI=1S/C19H28N2O2/c1-4-5-6-7-8-9-10-17(18(20)22)21-19(23)16-12-14(2)11-15(3)13-16/h4,11-13,17H,1,5-10H2,2-3H3,(H2,20,22)(H,21,23)/t17-/m0/s1. The summed E-state index contributed by atoms with van der Waals surface area (Å²) in [6.07, 6.45) is 7.62. The predicted molar refractivity (Wildman–Crippen MR) is 94.3 cm³/mol. The van der Waals surface area contributed by atoms with Gasteiger partial charge in [0.15, 0.2) is 0 Å². The molecule has 0 aliphatic carbocycles. The van der Waals surface area contributed by atoms with Crippen LogP contribution in [0.2, 0.25) is 0 Å². The molecule has 0 saturated heterocycles. The Morgan fingerprint density at radius 2 is 1.74 bits per heavy atom. The van der Waals surface area contributed by atoms with E-state index in [1.54, 1.807) is 0 Å². The first-order chi connectivity index (χ1) is 10.9. The first kappa shape index (κ1) is 18.9. The molecule has 0 fully saturated rings. The molecule has 1 aromatic rings. The fourth-order valence-corrected chi connectivity index (χ4v) is 2.62. The third-order valence-corrected chi connectivity index (χ3v) is 3.78. The van der Waals surface area contributed by atoms with Crippen LogP contribution < -0.4 is 11.1 Å². The van der Waals surface area contributed by atoms with Crippen LogP contribution in [0.3, 0.4) is 0 Å². The van der Waals surface area contributed by atoms with Crippen LogP contribution in [0.15, 0.2) is 30.9 Å². The van der Waals surface area contributed by atoms with Gasteiger partial charge in [-0.15, -0.1) is 6.58 Å². The number of amides is 2. The number of rotatable bonds is 10. The second kappa shape index (κ2) is 9.82. The first-order valence-corrected chi connectivity index (χ1v) is 8.23. The molecule has 0 spiro atoms. The number of hydrogen-bond acceptors (Lipinski definition) is 2. The summed E-state index contributed by atoms with van der Waals surface area (Å²) in [5.74, 6) is -0.721. The number of aryl methyl sites for hydroxylation is 2. The van der Waals surface area contributed by atoms with Crippen molar-refractivity contribution in [3.8, 4) is 0 Å². The van der Waals surface area contributed by atoms with E-state index < -0.39 is 11.9 Å². The van der Waals surface area contributed by atoms with Gasteiger partial charge in [0, 0.05) is 5.56 Å². The molecule has 126 valence electrons. The topological polar surface area (TPSA) is 72.2 Å². The van der Waals surface area contributed by atoms with Gasteiger partial charge in [-0.2, -0.15) is 0 Å². The molecule has 0 bridgehead atoms. The zero-order valence-corrected chi connectivity index (χ0v) is 14.2. The number of nitrogens with one attached hydrogen (secondary N) is 1. The van der Waals surface area contributed by atoms with Gasteiger partial charge in [0.25, 0.3) is 5.91 Å². The summed E-state index contributed by atoms with van der Waals surface area (Å²) in [7, 11) is 0. The monoisotopic (exact) mass is 316 g/mol. The zero-order chi connectivity index (χ0) is 17.2. The summed E-state index contributed by atoms with van der Waals surface area (Å²) in [6, 6.07) is 5.03. The lowest BCUT2D eigenvalue weighted by Crippen LogP contribution is -2.44. The van der Waals surface area contributed by atoms with Gasteiger partial charge in [-0.1, -0.05) is 42.5 Å². The lowest BCUT2D eigenvalue weighted by molar-refractivity contribution is -0.120. The summed E-state index contributed by atoms with van der Waals surface area (Å²) in [4.78, 5) is 23.9. The van der Waals surface area contributed by atoms with Gasteiger partial charge < -0.3 is 11.1 Å². The van der Waals surface area contributed by atoms with Gasteiger partial charge in [-0.25, -0.2) is 0 Å². The highest BCUT2D eigenvalue weighted by atomic mass is 16.2.